The van der Waals surface area contributed by atoms with Gasteiger partial charge in [-0.1, -0.05) is 0 Å². The molecule has 0 spiro atoms. The van der Waals surface area contributed by atoms with Crippen molar-refractivity contribution >= 4 is 11.6 Å². The number of rotatable bonds is 3. The molecule has 0 heterocycles. The van der Waals surface area contributed by atoms with Gasteiger partial charge < -0.3 is 16.2 Å². The Kier molecular flexibility index (Phi) is 2.65. The standard InChI is InChI=1S/C10H14N2O2/c1-10(2,9(11)14)12-7-3-5-8(13)6-4-7/h3-6,12-13H,1-2H3,(H2,11,14). The summed E-state index contributed by atoms with van der Waals surface area (Å²) >= 11 is 0. The minimum absolute atomic E-state index is 0.187. The predicted octanol–water partition coefficient (Wildman–Crippen LogP) is 1.07. The van der Waals surface area contributed by atoms with E-state index in [1.807, 2.05) is 0 Å². The number of hydrogen-bond acceptors (Lipinski definition) is 3. The fourth-order valence-electron chi connectivity index (χ4n) is 0.967. The van der Waals surface area contributed by atoms with E-state index >= 15 is 0 Å². The quantitative estimate of drug-likeness (QED) is 0.630. The molecule has 4 heteroatoms. The van der Waals surface area contributed by atoms with E-state index in [1.54, 1.807) is 38.1 Å². The summed E-state index contributed by atoms with van der Waals surface area (Å²) in [6.07, 6.45) is 0. The number of phenolic OH excluding ortho intramolecular Hbond substituents is 1. The second-order valence-corrected chi connectivity index (χ2v) is 3.66. The van der Waals surface area contributed by atoms with Gasteiger partial charge in [0.15, 0.2) is 0 Å². The van der Waals surface area contributed by atoms with Crippen molar-refractivity contribution in [1.29, 1.82) is 0 Å². The summed E-state index contributed by atoms with van der Waals surface area (Å²) in [6, 6.07) is 6.44. The number of carbonyl (C=O) groups is 1. The van der Waals surface area contributed by atoms with Crippen LogP contribution in [-0.4, -0.2) is 16.6 Å². The van der Waals surface area contributed by atoms with Crippen molar-refractivity contribution in [2.24, 2.45) is 5.73 Å². The van der Waals surface area contributed by atoms with Crippen molar-refractivity contribution in [1.82, 2.24) is 0 Å². The van der Waals surface area contributed by atoms with Crippen molar-refractivity contribution < 1.29 is 9.90 Å². The van der Waals surface area contributed by atoms with Crippen LogP contribution >= 0.6 is 0 Å². The van der Waals surface area contributed by atoms with Gasteiger partial charge in [-0.15, -0.1) is 0 Å². The fourth-order valence-corrected chi connectivity index (χ4v) is 0.967. The lowest BCUT2D eigenvalue weighted by Crippen LogP contribution is -2.44. The van der Waals surface area contributed by atoms with Crippen LogP contribution in [0, 0.1) is 0 Å². The Labute approximate surface area is 82.7 Å². The maximum Gasteiger partial charge on any atom is 0.242 e. The largest absolute Gasteiger partial charge is 0.508 e. The molecule has 0 saturated heterocycles. The summed E-state index contributed by atoms with van der Waals surface area (Å²) in [4.78, 5) is 11.0. The lowest BCUT2D eigenvalue weighted by Gasteiger charge is -2.23. The van der Waals surface area contributed by atoms with Crippen molar-refractivity contribution in [2.75, 3.05) is 5.32 Å². The van der Waals surface area contributed by atoms with E-state index < -0.39 is 11.4 Å². The highest BCUT2D eigenvalue weighted by atomic mass is 16.3. The first-order valence-electron chi connectivity index (χ1n) is 4.29. The summed E-state index contributed by atoms with van der Waals surface area (Å²) in [5.74, 6) is -0.238. The maximum atomic E-state index is 11.0. The van der Waals surface area contributed by atoms with E-state index in [-0.39, 0.29) is 5.75 Å². The molecule has 0 radical (unpaired) electrons. The molecule has 1 rings (SSSR count). The van der Waals surface area contributed by atoms with E-state index in [9.17, 15) is 4.79 Å². The molecule has 4 N–H and O–H groups in total. The first kappa shape index (κ1) is 10.4. The average Bonchev–Trinajstić information content (AvgIpc) is 2.08. The molecule has 14 heavy (non-hydrogen) atoms. The number of amides is 1. The van der Waals surface area contributed by atoms with Crippen LogP contribution in [0.1, 0.15) is 13.8 Å². The van der Waals surface area contributed by atoms with Gasteiger partial charge >= 0.3 is 0 Å². The smallest absolute Gasteiger partial charge is 0.242 e. The zero-order valence-corrected chi connectivity index (χ0v) is 8.24. The summed E-state index contributed by atoms with van der Waals surface area (Å²) < 4.78 is 0. The van der Waals surface area contributed by atoms with Crippen molar-refractivity contribution in [3.05, 3.63) is 24.3 Å². The molecule has 1 aromatic carbocycles. The van der Waals surface area contributed by atoms with Crippen molar-refractivity contribution in [3.8, 4) is 5.75 Å². The van der Waals surface area contributed by atoms with Crippen LogP contribution in [0.3, 0.4) is 0 Å². The molecule has 76 valence electrons. The van der Waals surface area contributed by atoms with Crippen LogP contribution < -0.4 is 11.1 Å². The molecule has 0 aliphatic heterocycles. The predicted molar refractivity (Wildman–Crippen MR) is 55.0 cm³/mol. The maximum absolute atomic E-state index is 11.0. The molecule has 0 bridgehead atoms. The molecule has 0 aromatic heterocycles. The van der Waals surface area contributed by atoms with Gasteiger partial charge in [0.25, 0.3) is 0 Å². The second-order valence-electron chi connectivity index (χ2n) is 3.66. The number of nitrogens with one attached hydrogen (secondary N) is 1. The number of phenols is 1. The third kappa shape index (κ3) is 2.39. The van der Waals surface area contributed by atoms with E-state index in [4.69, 9.17) is 10.8 Å². The van der Waals surface area contributed by atoms with Gasteiger partial charge in [0, 0.05) is 5.69 Å². The van der Waals surface area contributed by atoms with Crippen LogP contribution in [-0.2, 0) is 4.79 Å². The summed E-state index contributed by atoms with van der Waals surface area (Å²) in [7, 11) is 0. The van der Waals surface area contributed by atoms with E-state index in [1.165, 1.54) is 0 Å². The number of anilines is 1. The zero-order valence-electron chi connectivity index (χ0n) is 8.24. The monoisotopic (exact) mass is 194 g/mol. The molecule has 0 unspecified atom stereocenters. The SMILES string of the molecule is CC(C)(Nc1ccc(O)cc1)C(N)=O. The molecule has 1 aromatic rings. The Balaban J connectivity index is 2.79. The highest BCUT2D eigenvalue weighted by Gasteiger charge is 2.23. The van der Waals surface area contributed by atoms with Crippen LogP contribution in [0.25, 0.3) is 0 Å². The Bertz CT molecular complexity index is 330. The van der Waals surface area contributed by atoms with Crippen LogP contribution in [0.2, 0.25) is 0 Å². The molecule has 4 nitrogen and oxygen atoms in total. The summed E-state index contributed by atoms with van der Waals surface area (Å²) in [5, 5.41) is 12.0. The van der Waals surface area contributed by atoms with Crippen LogP contribution in [0.15, 0.2) is 24.3 Å². The lowest BCUT2D eigenvalue weighted by atomic mass is 10.0. The second kappa shape index (κ2) is 3.57. The van der Waals surface area contributed by atoms with E-state index in [0.29, 0.717) is 0 Å². The van der Waals surface area contributed by atoms with Crippen LogP contribution in [0.5, 0.6) is 5.75 Å². The molecular weight excluding hydrogens is 180 g/mol. The number of benzene rings is 1. The minimum atomic E-state index is -0.795. The highest BCUT2D eigenvalue weighted by molar-refractivity contribution is 5.86. The molecule has 0 fully saturated rings. The third-order valence-corrected chi connectivity index (χ3v) is 1.94. The van der Waals surface area contributed by atoms with Crippen LogP contribution in [0.4, 0.5) is 5.69 Å². The number of carbonyl (C=O) groups excluding carboxylic acids is 1. The van der Waals surface area contributed by atoms with E-state index in [2.05, 4.69) is 5.32 Å². The molecule has 0 atom stereocenters. The number of aromatic hydroxyl groups is 1. The Hall–Kier alpha value is -1.71. The minimum Gasteiger partial charge on any atom is -0.508 e. The lowest BCUT2D eigenvalue weighted by molar-refractivity contribution is -0.121. The average molecular weight is 194 g/mol. The molecule has 0 aliphatic rings. The number of hydrogen-bond donors (Lipinski definition) is 3. The van der Waals surface area contributed by atoms with Crippen molar-refractivity contribution in [3.63, 3.8) is 0 Å². The molecule has 1 amide bonds. The molecular formula is C10H14N2O2. The van der Waals surface area contributed by atoms with Gasteiger partial charge in [-0.3, -0.25) is 4.79 Å². The Morgan fingerprint density at radius 2 is 1.86 bits per heavy atom. The number of primary amides is 1. The van der Waals surface area contributed by atoms with Gasteiger partial charge in [0.2, 0.25) is 5.91 Å². The number of nitrogens with two attached hydrogens (primary N) is 1. The first-order chi connectivity index (χ1) is 6.42. The summed E-state index contributed by atoms with van der Waals surface area (Å²) in [6.45, 7) is 3.39. The highest BCUT2D eigenvalue weighted by Crippen LogP contribution is 2.17. The van der Waals surface area contributed by atoms with Crippen molar-refractivity contribution in [2.45, 2.75) is 19.4 Å². The molecule has 0 saturated carbocycles. The van der Waals surface area contributed by atoms with Gasteiger partial charge in [0.1, 0.15) is 11.3 Å². The third-order valence-electron chi connectivity index (χ3n) is 1.94. The van der Waals surface area contributed by atoms with Gasteiger partial charge in [-0.05, 0) is 38.1 Å². The first-order valence-corrected chi connectivity index (χ1v) is 4.29. The van der Waals surface area contributed by atoms with Gasteiger partial charge in [-0.25, -0.2) is 0 Å². The zero-order chi connectivity index (χ0) is 10.8. The topological polar surface area (TPSA) is 75.3 Å². The fraction of sp³-hybridized carbons (Fsp3) is 0.300. The van der Waals surface area contributed by atoms with E-state index in [0.717, 1.165) is 5.69 Å². The molecule has 0 aliphatic carbocycles. The Morgan fingerprint density at radius 3 is 2.29 bits per heavy atom. The Morgan fingerprint density at radius 1 is 1.36 bits per heavy atom. The van der Waals surface area contributed by atoms with Gasteiger partial charge in [-0.2, -0.15) is 0 Å². The summed E-state index contributed by atoms with van der Waals surface area (Å²) in [5.41, 5.74) is 5.14. The van der Waals surface area contributed by atoms with Gasteiger partial charge in [0.05, 0.1) is 0 Å². The normalized spacial score (nSPS) is 11.0.